The van der Waals surface area contributed by atoms with Crippen LogP contribution in [-0.4, -0.2) is 45.3 Å². The van der Waals surface area contributed by atoms with Gasteiger partial charge < -0.3 is 20.7 Å². The van der Waals surface area contributed by atoms with Gasteiger partial charge in [0.1, 0.15) is 5.82 Å². The first-order valence-corrected chi connectivity index (χ1v) is 9.75. The Labute approximate surface area is 178 Å². The van der Waals surface area contributed by atoms with Gasteiger partial charge in [-0.05, 0) is 45.4 Å². The maximum absolute atomic E-state index is 13.0. The van der Waals surface area contributed by atoms with Crippen LogP contribution in [0.5, 0.6) is 5.88 Å². The molecule has 166 valence electrons. The van der Waals surface area contributed by atoms with Crippen LogP contribution in [0.3, 0.4) is 0 Å². The molecule has 0 saturated carbocycles. The smallest absolute Gasteiger partial charge is 0.272 e. The molecule has 1 aliphatic rings. The van der Waals surface area contributed by atoms with E-state index in [0.717, 1.165) is 5.56 Å². The number of anilines is 1. The summed E-state index contributed by atoms with van der Waals surface area (Å²) in [6, 6.07) is 3.01. The largest absolute Gasteiger partial charge is 0.471 e. The molecule has 0 radical (unpaired) electrons. The number of hydrogen-bond donors (Lipinski definition) is 2. The lowest BCUT2D eigenvalue weighted by molar-refractivity contribution is -0.120. The first kappa shape index (κ1) is 22.5. The Balaban J connectivity index is 1.81. The lowest BCUT2D eigenvalue weighted by Gasteiger charge is -2.25. The predicted molar refractivity (Wildman–Crippen MR) is 110 cm³/mol. The molecular weight excluding hydrogens is 408 g/mol. The number of nitrogens with one attached hydrogen (secondary N) is 1. The third kappa shape index (κ3) is 4.79. The Morgan fingerprint density at radius 3 is 2.71 bits per heavy atom. The van der Waals surface area contributed by atoms with E-state index >= 15 is 0 Å². The van der Waals surface area contributed by atoms with Gasteiger partial charge in [-0.15, -0.1) is 0 Å². The summed E-state index contributed by atoms with van der Waals surface area (Å²) in [6.07, 6.45) is 0.381. The summed E-state index contributed by atoms with van der Waals surface area (Å²) in [5.74, 6) is -0.186. The zero-order chi connectivity index (χ0) is 22.9. The number of pyridine rings is 2. The van der Waals surface area contributed by atoms with Crippen LogP contribution < -0.4 is 15.8 Å². The number of fused-ring (bicyclic) bond motifs is 1. The van der Waals surface area contributed by atoms with Gasteiger partial charge in [-0.25, -0.2) is 18.7 Å². The summed E-state index contributed by atoms with van der Waals surface area (Å²) in [6.45, 7) is 6.21. The van der Waals surface area contributed by atoms with Crippen LogP contribution in [-0.2, 0) is 11.3 Å². The number of carbonyl (C=O) groups is 2. The molecule has 0 saturated heterocycles. The average Bonchev–Trinajstić information content (AvgIpc) is 3.03. The van der Waals surface area contributed by atoms with Crippen molar-refractivity contribution in [3.8, 4) is 5.88 Å². The van der Waals surface area contributed by atoms with Gasteiger partial charge in [0.05, 0.1) is 18.1 Å². The number of hydrogen-bond acceptors (Lipinski definition) is 6. The molecule has 3 heterocycles. The van der Waals surface area contributed by atoms with E-state index in [1.807, 2.05) is 6.92 Å². The van der Waals surface area contributed by atoms with Gasteiger partial charge in [0.2, 0.25) is 11.8 Å². The Bertz CT molecular complexity index is 1010. The van der Waals surface area contributed by atoms with Crippen molar-refractivity contribution in [1.82, 2.24) is 14.9 Å². The highest BCUT2D eigenvalue weighted by atomic mass is 19.3. The standard InChI is InChI=1S/C21H25F2N5O3/c1-11-7-13(8-26-18(11)31-10-16(22)23)12(2)28-9-15-14(19(28)29)5-6-25-17(15)27-20(30)21(3,4)24/h5-8,12,16H,9-10,24H2,1-4H3,(H,25,27,30). The van der Waals surface area contributed by atoms with Crippen molar-refractivity contribution >= 4 is 17.6 Å². The minimum atomic E-state index is -2.59. The first-order valence-electron chi connectivity index (χ1n) is 9.75. The van der Waals surface area contributed by atoms with Gasteiger partial charge in [0.15, 0.2) is 6.61 Å². The van der Waals surface area contributed by atoms with Gasteiger partial charge in [0, 0.05) is 29.1 Å². The van der Waals surface area contributed by atoms with E-state index in [-0.39, 0.29) is 24.4 Å². The minimum Gasteiger partial charge on any atom is -0.471 e. The Kier molecular flexibility index (Phi) is 6.21. The second-order valence-electron chi connectivity index (χ2n) is 8.06. The summed E-state index contributed by atoms with van der Waals surface area (Å²) >= 11 is 0. The van der Waals surface area contributed by atoms with Crippen molar-refractivity contribution in [3.63, 3.8) is 0 Å². The molecule has 0 bridgehead atoms. The highest BCUT2D eigenvalue weighted by Crippen LogP contribution is 2.34. The van der Waals surface area contributed by atoms with E-state index in [4.69, 9.17) is 10.5 Å². The SMILES string of the molecule is Cc1cc(C(C)N2Cc3c(ccnc3NC(=O)C(C)(C)N)C2=O)cnc1OCC(F)F. The number of aryl methyl sites for hydroxylation is 1. The molecule has 3 N–H and O–H groups in total. The molecule has 0 aromatic carbocycles. The minimum absolute atomic E-state index is 0.130. The van der Waals surface area contributed by atoms with Crippen LogP contribution in [0.15, 0.2) is 24.5 Å². The normalized spacial score (nSPS) is 14.6. The van der Waals surface area contributed by atoms with Crippen LogP contribution in [0, 0.1) is 6.92 Å². The molecule has 3 rings (SSSR count). The number of alkyl halides is 2. The van der Waals surface area contributed by atoms with Crippen molar-refractivity contribution in [3.05, 3.63) is 46.8 Å². The first-order chi connectivity index (χ1) is 14.5. The van der Waals surface area contributed by atoms with E-state index in [2.05, 4.69) is 15.3 Å². The summed E-state index contributed by atoms with van der Waals surface area (Å²) in [5, 5.41) is 2.70. The van der Waals surface area contributed by atoms with Gasteiger partial charge >= 0.3 is 0 Å². The molecule has 0 aliphatic carbocycles. The fraction of sp³-hybridized carbons (Fsp3) is 0.429. The number of nitrogens with two attached hydrogens (primary N) is 1. The van der Waals surface area contributed by atoms with Crippen molar-refractivity contribution in [2.75, 3.05) is 11.9 Å². The molecule has 1 aliphatic heterocycles. The molecule has 2 amide bonds. The molecule has 1 unspecified atom stereocenters. The van der Waals surface area contributed by atoms with Gasteiger partial charge in [-0.1, -0.05) is 0 Å². The molecular formula is C21H25F2N5O3. The van der Waals surface area contributed by atoms with E-state index in [0.29, 0.717) is 22.5 Å². The number of amides is 2. The van der Waals surface area contributed by atoms with Crippen LogP contribution in [0.1, 0.15) is 53.9 Å². The number of ether oxygens (including phenoxy) is 1. The summed E-state index contributed by atoms with van der Waals surface area (Å²) < 4.78 is 29.8. The number of aromatic nitrogens is 2. The molecule has 10 heteroatoms. The maximum atomic E-state index is 13.0. The van der Waals surface area contributed by atoms with Gasteiger partial charge in [0.25, 0.3) is 12.3 Å². The van der Waals surface area contributed by atoms with E-state index in [9.17, 15) is 18.4 Å². The fourth-order valence-corrected chi connectivity index (χ4v) is 3.22. The highest BCUT2D eigenvalue weighted by Gasteiger charge is 2.35. The number of nitrogens with zero attached hydrogens (tertiary/aromatic N) is 3. The summed E-state index contributed by atoms with van der Waals surface area (Å²) in [4.78, 5) is 35.2. The van der Waals surface area contributed by atoms with Gasteiger partial charge in [-0.2, -0.15) is 0 Å². The molecule has 2 aromatic rings. The van der Waals surface area contributed by atoms with Crippen LogP contribution in [0.25, 0.3) is 0 Å². The Hall–Kier alpha value is -3.14. The van der Waals surface area contributed by atoms with E-state index in [1.54, 1.807) is 37.8 Å². The predicted octanol–water partition coefficient (Wildman–Crippen LogP) is 2.82. The topological polar surface area (TPSA) is 110 Å². The lowest BCUT2D eigenvalue weighted by Crippen LogP contribution is -2.45. The van der Waals surface area contributed by atoms with Crippen molar-refractivity contribution in [2.45, 2.75) is 52.2 Å². The monoisotopic (exact) mass is 433 g/mol. The van der Waals surface area contributed by atoms with Crippen LogP contribution in [0.2, 0.25) is 0 Å². The van der Waals surface area contributed by atoms with Crippen LogP contribution in [0.4, 0.5) is 14.6 Å². The van der Waals surface area contributed by atoms with Crippen LogP contribution >= 0.6 is 0 Å². The summed E-state index contributed by atoms with van der Waals surface area (Å²) in [7, 11) is 0. The molecule has 2 aromatic heterocycles. The number of carbonyl (C=O) groups excluding carboxylic acids is 2. The maximum Gasteiger partial charge on any atom is 0.272 e. The quantitative estimate of drug-likeness (QED) is 0.695. The van der Waals surface area contributed by atoms with Gasteiger partial charge in [-0.3, -0.25) is 9.59 Å². The highest BCUT2D eigenvalue weighted by molar-refractivity contribution is 6.02. The fourth-order valence-electron chi connectivity index (χ4n) is 3.22. The van der Waals surface area contributed by atoms with Crippen molar-refractivity contribution < 1.29 is 23.1 Å². The molecule has 31 heavy (non-hydrogen) atoms. The number of rotatable bonds is 7. The second kappa shape index (κ2) is 8.54. The molecule has 1 atom stereocenters. The van der Waals surface area contributed by atoms with E-state index in [1.165, 1.54) is 12.4 Å². The van der Waals surface area contributed by atoms with Crippen molar-refractivity contribution in [1.29, 1.82) is 0 Å². The third-order valence-electron chi connectivity index (χ3n) is 5.04. The summed E-state index contributed by atoms with van der Waals surface area (Å²) in [5.41, 5.74) is 7.12. The zero-order valence-electron chi connectivity index (χ0n) is 17.8. The average molecular weight is 433 g/mol. The Morgan fingerprint density at radius 2 is 2.10 bits per heavy atom. The zero-order valence-corrected chi connectivity index (χ0v) is 17.8. The molecule has 8 nitrogen and oxygen atoms in total. The second-order valence-corrected chi connectivity index (χ2v) is 8.06. The van der Waals surface area contributed by atoms with Crippen molar-refractivity contribution in [2.24, 2.45) is 5.73 Å². The van der Waals surface area contributed by atoms with E-state index < -0.39 is 24.5 Å². The molecule has 0 spiro atoms. The third-order valence-corrected chi connectivity index (χ3v) is 5.04. The Morgan fingerprint density at radius 1 is 1.39 bits per heavy atom. The molecule has 0 fully saturated rings. The number of halogens is 2. The lowest BCUT2D eigenvalue weighted by atomic mass is 10.1.